The molecule has 0 radical (unpaired) electrons. The summed E-state index contributed by atoms with van der Waals surface area (Å²) in [7, 11) is -17.7. The second kappa shape index (κ2) is 17.3. The van der Waals surface area contributed by atoms with Crippen LogP contribution in [0.5, 0.6) is 0 Å². The molecule has 4 aromatic rings. The predicted octanol–water partition coefficient (Wildman–Crippen LogP) is 2.51. The Labute approximate surface area is 335 Å². The molecule has 0 atom stereocenters. The zero-order valence-electron chi connectivity index (χ0n) is 30.5. The summed E-state index contributed by atoms with van der Waals surface area (Å²) >= 11 is 0. The van der Waals surface area contributed by atoms with E-state index in [1.807, 2.05) is 0 Å². The zero-order chi connectivity index (χ0) is 41.9. The summed E-state index contributed by atoms with van der Waals surface area (Å²) in [6, 6.07) is 17.8. The SMILES string of the molecule is O=C(Nc1ccc(CCc2ccc(NC(=O)c3cccc(S(=O)(=O)N4CCOCC4)c3)cc2S(=O)(=O)O)c(S(=O)(=O)O)c1)c1cccc(S(=O)(=O)N2CCOCC2)c1. The maximum absolute atomic E-state index is 13.2. The molecule has 2 aliphatic heterocycles. The number of anilines is 2. The number of hydrogen-bond donors (Lipinski definition) is 4. The van der Waals surface area contributed by atoms with Crippen LogP contribution in [-0.2, 0) is 62.6 Å². The van der Waals surface area contributed by atoms with Crippen molar-refractivity contribution >= 4 is 63.5 Å². The number of morpholine rings is 2. The summed E-state index contributed by atoms with van der Waals surface area (Å²) in [6.07, 6.45) is -0.382. The van der Waals surface area contributed by atoms with Crippen LogP contribution >= 0.6 is 0 Å². The molecule has 4 N–H and O–H groups in total. The maximum Gasteiger partial charge on any atom is 0.294 e. The lowest BCUT2D eigenvalue weighted by atomic mass is 10.0. The summed E-state index contributed by atoms with van der Waals surface area (Å²) in [4.78, 5) is 24.9. The summed E-state index contributed by atoms with van der Waals surface area (Å²) in [6.45, 7) is 1.49. The van der Waals surface area contributed by atoms with E-state index in [1.165, 1.54) is 81.4 Å². The first-order valence-corrected chi connectivity index (χ1v) is 23.3. The smallest absolute Gasteiger partial charge is 0.294 e. The minimum Gasteiger partial charge on any atom is -0.379 e. The van der Waals surface area contributed by atoms with E-state index in [2.05, 4.69) is 10.6 Å². The molecular weight excluding hydrogens is 841 g/mol. The fourth-order valence-corrected chi connectivity index (χ4v) is 10.8. The molecule has 0 bridgehead atoms. The number of hydrogen-bond acceptors (Lipinski definition) is 12. The van der Waals surface area contributed by atoms with Crippen molar-refractivity contribution in [2.75, 3.05) is 63.2 Å². The first-order chi connectivity index (χ1) is 27.3. The third-order valence-electron chi connectivity index (χ3n) is 9.28. The Morgan fingerprint density at radius 3 is 1.24 bits per heavy atom. The standard InChI is InChI=1S/C36H38N4O14S4/c41-35(27-3-1-5-31(21-27)55(43,44)39-13-17-53-18-14-39)37-29-11-9-25(33(23-29)57(47,48)49)7-8-26-10-12-30(24-34(26)58(50,51)52)38-36(42)28-4-2-6-32(22-28)56(45,46)40-15-19-54-20-16-40/h1-6,9-12,21-24H,7-8,13-20H2,(H,37,41)(H,38,42)(H,47,48,49)(H,50,51,52). The summed E-state index contributed by atoms with van der Waals surface area (Å²) in [5, 5.41) is 4.98. The highest BCUT2D eigenvalue weighted by atomic mass is 32.2. The van der Waals surface area contributed by atoms with Crippen LogP contribution in [-0.4, -0.2) is 116 Å². The van der Waals surface area contributed by atoms with Crippen molar-refractivity contribution in [3.8, 4) is 0 Å². The molecule has 310 valence electrons. The number of sulfonamides is 2. The topological polar surface area (TPSA) is 260 Å². The Kier molecular flexibility index (Phi) is 12.8. The number of carbonyl (C=O) groups is 2. The van der Waals surface area contributed by atoms with Crippen LogP contribution < -0.4 is 10.6 Å². The first-order valence-electron chi connectivity index (χ1n) is 17.5. The average Bonchev–Trinajstić information content (AvgIpc) is 3.20. The fourth-order valence-electron chi connectivity index (χ4n) is 6.30. The van der Waals surface area contributed by atoms with Gasteiger partial charge in [0.25, 0.3) is 32.1 Å². The van der Waals surface area contributed by atoms with Crippen LogP contribution in [0.1, 0.15) is 31.8 Å². The van der Waals surface area contributed by atoms with E-state index >= 15 is 0 Å². The third-order valence-corrected chi connectivity index (χ3v) is 14.9. The molecule has 4 aromatic carbocycles. The number of aryl methyl sites for hydroxylation is 2. The Morgan fingerprint density at radius 1 is 0.534 bits per heavy atom. The molecule has 0 aromatic heterocycles. The van der Waals surface area contributed by atoms with Gasteiger partial charge in [-0.15, -0.1) is 0 Å². The summed E-state index contributed by atoms with van der Waals surface area (Å²) < 4.78 is 135. The number of benzene rings is 4. The number of ether oxygens (including phenoxy) is 2. The number of carbonyl (C=O) groups excluding carboxylic acids is 2. The van der Waals surface area contributed by atoms with Crippen LogP contribution in [0.3, 0.4) is 0 Å². The number of nitrogens with zero attached hydrogens (tertiary/aromatic N) is 2. The molecule has 0 aliphatic carbocycles. The summed E-state index contributed by atoms with van der Waals surface area (Å²) in [5.74, 6) is -1.55. The Balaban J connectivity index is 1.17. The van der Waals surface area contributed by atoms with Crippen LogP contribution in [0.4, 0.5) is 11.4 Å². The molecule has 22 heteroatoms. The molecule has 0 saturated carbocycles. The molecule has 2 aliphatic rings. The normalized spacial score (nSPS) is 16.1. The van der Waals surface area contributed by atoms with Gasteiger partial charge < -0.3 is 20.1 Å². The average molecular weight is 879 g/mol. The van der Waals surface area contributed by atoms with Gasteiger partial charge >= 0.3 is 0 Å². The fraction of sp³-hybridized carbons (Fsp3) is 0.278. The second-order valence-corrected chi connectivity index (χ2v) is 19.7. The van der Waals surface area contributed by atoms with Gasteiger partial charge in [0.1, 0.15) is 0 Å². The van der Waals surface area contributed by atoms with Crippen molar-refractivity contribution in [1.29, 1.82) is 0 Å². The van der Waals surface area contributed by atoms with E-state index in [1.54, 1.807) is 0 Å². The Morgan fingerprint density at radius 2 is 0.897 bits per heavy atom. The summed E-state index contributed by atoms with van der Waals surface area (Å²) in [5.41, 5.74) is -0.185. The van der Waals surface area contributed by atoms with Gasteiger partial charge in [0.15, 0.2) is 0 Å². The molecule has 0 unspecified atom stereocenters. The number of amides is 2. The van der Waals surface area contributed by atoms with E-state index in [0.29, 0.717) is 0 Å². The van der Waals surface area contributed by atoms with Crippen LogP contribution in [0.2, 0.25) is 0 Å². The van der Waals surface area contributed by atoms with Gasteiger partial charge in [0.05, 0.1) is 46.0 Å². The number of rotatable bonds is 13. The maximum atomic E-state index is 13.2. The van der Waals surface area contributed by atoms with Gasteiger partial charge in [-0.05, 0) is 84.6 Å². The van der Waals surface area contributed by atoms with Gasteiger partial charge in [-0.3, -0.25) is 18.7 Å². The minimum atomic E-state index is -4.91. The molecule has 2 amide bonds. The molecule has 58 heavy (non-hydrogen) atoms. The highest BCUT2D eigenvalue weighted by Gasteiger charge is 2.29. The monoisotopic (exact) mass is 878 g/mol. The van der Waals surface area contributed by atoms with Crippen molar-refractivity contribution in [3.63, 3.8) is 0 Å². The van der Waals surface area contributed by atoms with Crippen LogP contribution in [0, 0.1) is 0 Å². The molecule has 2 saturated heterocycles. The lowest BCUT2D eigenvalue weighted by molar-refractivity contribution is 0.0730. The predicted molar refractivity (Wildman–Crippen MR) is 208 cm³/mol. The van der Waals surface area contributed by atoms with Gasteiger partial charge in [0, 0.05) is 48.7 Å². The highest BCUT2D eigenvalue weighted by molar-refractivity contribution is 7.89. The molecule has 18 nitrogen and oxygen atoms in total. The van der Waals surface area contributed by atoms with E-state index in [-0.39, 0.29) is 109 Å². The zero-order valence-corrected chi connectivity index (χ0v) is 33.7. The van der Waals surface area contributed by atoms with Gasteiger partial charge in [-0.25, -0.2) is 16.8 Å². The largest absolute Gasteiger partial charge is 0.379 e. The second-order valence-electron chi connectivity index (χ2n) is 13.1. The van der Waals surface area contributed by atoms with Crippen molar-refractivity contribution in [3.05, 3.63) is 107 Å². The van der Waals surface area contributed by atoms with E-state index in [4.69, 9.17) is 9.47 Å². The number of nitrogens with one attached hydrogen (secondary N) is 2. The van der Waals surface area contributed by atoms with E-state index in [9.17, 15) is 52.4 Å². The van der Waals surface area contributed by atoms with Crippen molar-refractivity contribution in [2.45, 2.75) is 32.4 Å². The minimum absolute atomic E-state index is 0.0182. The molecular formula is C36H38N4O14S4. The van der Waals surface area contributed by atoms with Gasteiger partial charge in [-0.1, -0.05) is 24.3 Å². The molecule has 2 fully saturated rings. The quantitative estimate of drug-likeness (QED) is 0.141. The van der Waals surface area contributed by atoms with Crippen molar-refractivity contribution < 1.29 is 61.8 Å². The van der Waals surface area contributed by atoms with E-state index in [0.717, 1.165) is 12.1 Å². The first kappa shape index (κ1) is 43.0. The molecule has 0 spiro atoms. The lowest BCUT2D eigenvalue weighted by Crippen LogP contribution is -2.40. The third kappa shape index (κ3) is 9.97. The van der Waals surface area contributed by atoms with Crippen molar-refractivity contribution in [2.24, 2.45) is 0 Å². The van der Waals surface area contributed by atoms with E-state index < -0.39 is 61.9 Å². The Bertz CT molecular complexity index is 2490. The lowest BCUT2D eigenvalue weighted by Gasteiger charge is -2.26. The Hall–Kier alpha value is -4.62. The van der Waals surface area contributed by atoms with Gasteiger partial charge in [-0.2, -0.15) is 25.4 Å². The van der Waals surface area contributed by atoms with Crippen LogP contribution in [0.25, 0.3) is 0 Å². The van der Waals surface area contributed by atoms with Gasteiger partial charge in [0.2, 0.25) is 20.0 Å². The van der Waals surface area contributed by atoms with Crippen LogP contribution in [0.15, 0.2) is 105 Å². The highest BCUT2D eigenvalue weighted by Crippen LogP contribution is 2.28. The van der Waals surface area contributed by atoms with Crippen molar-refractivity contribution in [1.82, 2.24) is 8.61 Å². The molecule has 2 heterocycles. The molecule has 6 rings (SSSR count).